The van der Waals surface area contributed by atoms with E-state index in [1.165, 1.54) is 12.1 Å². The first-order chi connectivity index (χ1) is 7.17. The Bertz CT molecular complexity index is 280. The van der Waals surface area contributed by atoms with Crippen molar-refractivity contribution in [1.82, 2.24) is 15.1 Å². The first kappa shape index (κ1) is 12.2. The molecule has 1 N–H and O–H groups in total. The Morgan fingerprint density at radius 3 is 2.67 bits per heavy atom. The van der Waals surface area contributed by atoms with Crippen LogP contribution in [0.3, 0.4) is 0 Å². The van der Waals surface area contributed by atoms with Crippen molar-refractivity contribution in [2.45, 2.75) is 39.7 Å². The largest absolute Gasteiger partial charge is 0.314 e. The lowest BCUT2D eigenvalue weighted by atomic mass is 9.93. The normalized spacial score (nSPS) is 15.2. The summed E-state index contributed by atoms with van der Waals surface area (Å²) < 4.78 is 1.87. The van der Waals surface area contributed by atoms with Crippen LogP contribution < -0.4 is 5.32 Å². The van der Waals surface area contributed by atoms with Gasteiger partial charge in [-0.3, -0.25) is 4.68 Å². The van der Waals surface area contributed by atoms with E-state index in [2.05, 4.69) is 37.3 Å². The molecule has 1 rings (SSSR count). The van der Waals surface area contributed by atoms with E-state index in [9.17, 15) is 0 Å². The fraction of sp³-hybridized carbons (Fsp3) is 0.750. The molecule has 1 heterocycles. The third-order valence-corrected chi connectivity index (χ3v) is 3.00. The molecule has 86 valence electrons. The molecule has 0 saturated heterocycles. The van der Waals surface area contributed by atoms with Crippen molar-refractivity contribution in [3.63, 3.8) is 0 Å². The minimum absolute atomic E-state index is 0.571. The first-order valence-corrected chi connectivity index (χ1v) is 5.89. The van der Waals surface area contributed by atoms with E-state index in [0.717, 1.165) is 13.0 Å². The van der Waals surface area contributed by atoms with Crippen LogP contribution in [-0.4, -0.2) is 22.4 Å². The number of aryl methyl sites for hydroxylation is 1. The highest BCUT2D eigenvalue weighted by molar-refractivity contribution is 5.00. The van der Waals surface area contributed by atoms with Crippen LogP contribution in [0.15, 0.2) is 12.3 Å². The zero-order chi connectivity index (χ0) is 11.3. The smallest absolute Gasteiger partial charge is 0.0627 e. The Labute approximate surface area is 92.9 Å². The topological polar surface area (TPSA) is 29.9 Å². The van der Waals surface area contributed by atoms with Gasteiger partial charge in [-0.1, -0.05) is 20.3 Å². The molecular weight excluding hydrogens is 186 g/mol. The molecule has 0 amide bonds. The lowest BCUT2D eigenvalue weighted by molar-refractivity contribution is 0.364. The van der Waals surface area contributed by atoms with Crippen molar-refractivity contribution in [1.29, 1.82) is 0 Å². The zero-order valence-electron chi connectivity index (χ0n) is 10.3. The number of nitrogens with one attached hydrogen (secondary N) is 1. The van der Waals surface area contributed by atoms with E-state index in [4.69, 9.17) is 0 Å². The van der Waals surface area contributed by atoms with Crippen molar-refractivity contribution < 1.29 is 0 Å². The predicted octanol–water partition coefficient (Wildman–Crippen LogP) is 1.99. The van der Waals surface area contributed by atoms with E-state index in [1.54, 1.807) is 0 Å². The molecule has 0 saturated carbocycles. The minimum atomic E-state index is 0.571. The van der Waals surface area contributed by atoms with Gasteiger partial charge in [-0.2, -0.15) is 5.10 Å². The predicted molar refractivity (Wildman–Crippen MR) is 63.8 cm³/mol. The summed E-state index contributed by atoms with van der Waals surface area (Å²) >= 11 is 0. The number of hydrogen-bond acceptors (Lipinski definition) is 2. The van der Waals surface area contributed by atoms with Gasteiger partial charge in [0.1, 0.15) is 0 Å². The van der Waals surface area contributed by atoms with Gasteiger partial charge in [-0.15, -0.1) is 0 Å². The number of hydrogen-bond donors (Lipinski definition) is 1. The van der Waals surface area contributed by atoms with E-state index >= 15 is 0 Å². The molecule has 1 aromatic rings. The van der Waals surface area contributed by atoms with Gasteiger partial charge in [-0.05, 0) is 31.9 Å². The average Bonchev–Trinajstić information content (AvgIpc) is 2.61. The van der Waals surface area contributed by atoms with Gasteiger partial charge >= 0.3 is 0 Å². The molecular formula is C12H23N3. The summed E-state index contributed by atoms with van der Waals surface area (Å²) in [5.74, 6) is 0.680. The molecule has 2 atom stereocenters. The van der Waals surface area contributed by atoms with Gasteiger partial charge in [0.05, 0.1) is 5.69 Å². The van der Waals surface area contributed by atoms with Crippen LogP contribution in [0.5, 0.6) is 0 Å². The highest BCUT2D eigenvalue weighted by Crippen LogP contribution is 2.14. The fourth-order valence-corrected chi connectivity index (χ4v) is 2.00. The highest BCUT2D eigenvalue weighted by atomic mass is 15.2. The van der Waals surface area contributed by atoms with Crippen molar-refractivity contribution in [2.24, 2.45) is 13.0 Å². The Morgan fingerprint density at radius 1 is 1.47 bits per heavy atom. The van der Waals surface area contributed by atoms with E-state index in [1.807, 2.05) is 17.9 Å². The first-order valence-electron chi connectivity index (χ1n) is 5.89. The van der Waals surface area contributed by atoms with Crippen molar-refractivity contribution in [3.05, 3.63) is 18.0 Å². The quantitative estimate of drug-likeness (QED) is 0.776. The molecule has 3 nitrogen and oxygen atoms in total. The molecule has 1 aromatic heterocycles. The maximum atomic E-state index is 4.43. The van der Waals surface area contributed by atoms with Gasteiger partial charge in [0, 0.05) is 19.3 Å². The number of nitrogens with zero attached hydrogens (tertiary/aromatic N) is 2. The van der Waals surface area contributed by atoms with Gasteiger partial charge in [0.15, 0.2) is 0 Å². The highest BCUT2D eigenvalue weighted by Gasteiger charge is 2.15. The Hall–Kier alpha value is -0.830. The molecule has 0 spiro atoms. The molecule has 0 bridgehead atoms. The van der Waals surface area contributed by atoms with Crippen molar-refractivity contribution in [3.8, 4) is 0 Å². The third-order valence-electron chi connectivity index (χ3n) is 3.00. The number of aromatic nitrogens is 2. The Balaban J connectivity index is 2.53. The molecule has 0 aliphatic rings. The third kappa shape index (κ3) is 3.67. The summed E-state index contributed by atoms with van der Waals surface area (Å²) in [7, 11) is 1.97. The monoisotopic (exact) mass is 209 g/mol. The molecule has 3 heteroatoms. The van der Waals surface area contributed by atoms with E-state index in [0.29, 0.717) is 12.0 Å². The van der Waals surface area contributed by atoms with Gasteiger partial charge in [-0.25, -0.2) is 0 Å². The summed E-state index contributed by atoms with van der Waals surface area (Å²) in [6, 6.07) is 2.68. The van der Waals surface area contributed by atoms with Crippen LogP contribution >= 0.6 is 0 Å². The van der Waals surface area contributed by atoms with Gasteiger partial charge < -0.3 is 5.32 Å². The average molecular weight is 209 g/mol. The summed E-state index contributed by atoms with van der Waals surface area (Å²) in [6.45, 7) is 7.71. The summed E-state index contributed by atoms with van der Waals surface area (Å²) in [6.07, 6.45) is 4.29. The second-order valence-electron chi connectivity index (χ2n) is 4.20. The molecule has 15 heavy (non-hydrogen) atoms. The van der Waals surface area contributed by atoms with Crippen LogP contribution in [0, 0.1) is 5.92 Å². The second kappa shape index (κ2) is 5.91. The maximum absolute atomic E-state index is 4.43. The minimum Gasteiger partial charge on any atom is -0.314 e. The molecule has 0 aromatic carbocycles. The maximum Gasteiger partial charge on any atom is 0.0627 e. The lowest BCUT2D eigenvalue weighted by Gasteiger charge is -2.22. The van der Waals surface area contributed by atoms with Crippen LogP contribution in [0.1, 0.15) is 32.9 Å². The molecule has 0 radical (unpaired) electrons. The van der Waals surface area contributed by atoms with Gasteiger partial charge in [0.2, 0.25) is 0 Å². The Kier molecular flexibility index (Phi) is 4.82. The molecule has 0 fully saturated rings. The van der Waals surface area contributed by atoms with Crippen molar-refractivity contribution >= 4 is 0 Å². The van der Waals surface area contributed by atoms with E-state index in [-0.39, 0.29) is 0 Å². The number of rotatable bonds is 6. The van der Waals surface area contributed by atoms with Crippen LogP contribution in [0.4, 0.5) is 0 Å². The summed E-state index contributed by atoms with van der Waals surface area (Å²) in [5.41, 5.74) is 1.20. The summed E-state index contributed by atoms with van der Waals surface area (Å²) in [5, 5.41) is 7.92. The standard InChI is InChI=1S/C12H23N3/c1-5-11(10(3)13-6-2)9-12-7-8-15(4)14-12/h7-8,10-11,13H,5-6,9H2,1-4H3. The van der Waals surface area contributed by atoms with Crippen LogP contribution in [0.2, 0.25) is 0 Å². The van der Waals surface area contributed by atoms with Crippen LogP contribution in [-0.2, 0) is 13.5 Å². The summed E-state index contributed by atoms with van der Waals surface area (Å²) in [4.78, 5) is 0. The fourth-order valence-electron chi connectivity index (χ4n) is 2.00. The molecule has 0 aliphatic heterocycles. The van der Waals surface area contributed by atoms with Crippen LogP contribution in [0.25, 0.3) is 0 Å². The lowest BCUT2D eigenvalue weighted by Crippen LogP contribution is -2.34. The second-order valence-corrected chi connectivity index (χ2v) is 4.20. The van der Waals surface area contributed by atoms with Crippen molar-refractivity contribution in [2.75, 3.05) is 6.54 Å². The molecule has 2 unspecified atom stereocenters. The Morgan fingerprint density at radius 2 is 2.20 bits per heavy atom. The van der Waals surface area contributed by atoms with Gasteiger partial charge in [0.25, 0.3) is 0 Å². The van der Waals surface area contributed by atoms with E-state index < -0.39 is 0 Å². The molecule has 0 aliphatic carbocycles. The zero-order valence-corrected chi connectivity index (χ0v) is 10.3. The SMILES string of the molecule is CCNC(C)C(CC)Cc1ccn(C)n1.